The first-order valence-electron chi connectivity index (χ1n) is 4.76. The fourth-order valence-electron chi connectivity index (χ4n) is 1.86. The van der Waals surface area contributed by atoms with E-state index in [9.17, 15) is 4.79 Å². The van der Waals surface area contributed by atoms with Gasteiger partial charge in [-0.05, 0) is 19.3 Å². The van der Waals surface area contributed by atoms with E-state index in [1.807, 2.05) is 11.7 Å². The minimum absolute atomic E-state index is 0.286. The van der Waals surface area contributed by atoms with E-state index in [1.54, 1.807) is 11.3 Å². The highest BCUT2D eigenvalue weighted by Crippen LogP contribution is 2.25. The Morgan fingerprint density at radius 1 is 1.54 bits per heavy atom. The molecule has 0 N–H and O–H groups in total. The summed E-state index contributed by atoms with van der Waals surface area (Å²) in [5, 5.41) is 0. The van der Waals surface area contributed by atoms with Gasteiger partial charge >= 0.3 is 0 Å². The Balaban J connectivity index is 1.97. The van der Waals surface area contributed by atoms with Crippen molar-refractivity contribution in [3.63, 3.8) is 0 Å². The molecule has 0 spiro atoms. The number of carbonyl (C=O) groups is 1. The van der Waals surface area contributed by atoms with Gasteiger partial charge in [-0.15, -0.1) is 11.3 Å². The third kappa shape index (κ3) is 2.15. The van der Waals surface area contributed by atoms with E-state index in [1.165, 1.54) is 11.3 Å². The third-order valence-electron chi connectivity index (χ3n) is 2.61. The zero-order valence-electron chi connectivity index (χ0n) is 7.53. The second kappa shape index (κ2) is 4.01. The molecule has 1 heterocycles. The lowest BCUT2D eigenvalue weighted by Gasteiger charge is -2.19. The molecule has 1 unspecified atom stereocenters. The largest absolute Gasteiger partial charge is 0.299 e. The predicted octanol–water partition coefficient (Wildman–Crippen LogP) is 2.44. The highest BCUT2D eigenvalue weighted by Gasteiger charge is 2.22. The third-order valence-corrected chi connectivity index (χ3v) is 3.41. The van der Waals surface area contributed by atoms with Gasteiger partial charge in [-0.25, -0.2) is 0 Å². The van der Waals surface area contributed by atoms with Gasteiger partial charge in [0.2, 0.25) is 0 Å². The Bertz CT molecular complexity index is 281. The van der Waals surface area contributed by atoms with Crippen molar-refractivity contribution in [2.45, 2.75) is 32.1 Å². The quantitative estimate of drug-likeness (QED) is 0.725. The van der Waals surface area contributed by atoms with Crippen LogP contribution in [0.25, 0.3) is 0 Å². The minimum atomic E-state index is 0.286. The van der Waals surface area contributed by atoms with Crippen molar-refractivity contribution in [1.82, 2.24) is 4.98 Å². The summed E-state index contributed by atoms with van der Waals surface area (Å²) in [5.41, 5.74) is 1.84. The van der Waals surface area contributed by atoms with Crippen molar-refractivity contribution in [1.29, 1.82) is 0 Å². The lowest BCUT2D eigenvalue weighted by molar-refractivity contribution is -0.124. The number of aromatic nitrogens is 1. The highest BCUT2D eigenvalue weighted by atomic mass is 32.1. The van der Waals surface area contributed by atoms with E-state index in [0.29, 0.717) is 5.78 Å². The molecule has 1 aromatic heterocycles. The van der Waals surface area contributed by atoms with Gasteiger partial charge in [0.15, 0.2) is 0 Å². The average Bonchev–Trinajstić information content (AvgIpc) is 2.61. The highest BCUT2D eigenvalue weighted by molar-refractivity contribution is 7.09. The lowest BCUT2D eigenvalue weighted by Crippen LogP contribution is -2.20. The first-order valence-corrected chi connectivity index (χ1v) is 5.64. The second-order valence-electron chi connectivity index (χ2n) is 3.58. The molecule has 1 saturated carbocycles. The Morgan fingerprint density at radius 3 is 3.15 bits per heavy atom. The average molecular weight is 195 g/mol. The van der Waals surface area contributed by atoms with Gasteiger partial charge in [-0.3, -0.25) is 9.78 Å². The number of carbonyl (C=O) groups excluding carboxylic acids is 1. The van der Waals surface area contributed by atoms with E-state index >= 15 is 0 Å². The van der Waals surface area contributed by atoms with E-state index in [4.69, 9.17) is 0 Å². The Labute approximate surface area is 82.0 Å². The molecule has 0 aliphatic heterocycles. The van der Waals surface area contributed by atoms with Gasteiger partial charge in [0, 0.05) is 23.4 Å². The van der Waals surface area contributed by atoms with Gasteiger partial charge in [-0.2, -0.15) is 0 Å². The molecule has 2 rings (SSSR count). The molecule has 1 aliphatic carbocycles. The molecule has 0 saturated heterocycles. The molecule has 0 amide bonds. The summed E-state index contributed by atoms with van der Waals surface area (Å²) >= 11 is 1.66. The van der Waals surface area contributed by atoms with Crippen molar-refractivity contribution < 1.29 is 4.79 Å². The number of hydrogen-bond acceptors (Lipinski definition) is 3. The van der Waals surface area contributed by atoms with Crippen molar-refractivity contribution in [3.05, 3.63) is 16.6 Å². The van der Waals surface area contributed by atoms with Crippen LogP contribution in [-0.2, 0) is 11.2 Å². The van der Waals surface area contributed by atoms with Crippen LogP contribution in [0, 0.1) is 5.92 Å². The van der Waals surface area contributed by atoms with Gasteiger partial charge in [-0.1, -0.05) is 6.42 Å². The summed E-state index contributed by atoms with van der Waals surface area (Å²) in [6, 6.07) is 0. The fraction of sp³-hybridized carbons (Fsp3) is 0.600. The standard InChI is InChI=1S/C10H13NOS/c12-10-4-2-1-3-8(10)5-9-6-11-7-13-9/h6-8H,1-5H2. The van der Waals surface area contributed by atoms with Crippen LogP contribution < -0.4 is 0 Å². The van der Waals surface area contributed by atoms with E-state index in [0.717, 1.165) is 25.7 Å². The van der Waals surface area contributed by atoms with Gasteiger partial charge in [0.25, 0.3) is 0 Å². The monoisotopic (exact) mass is 195 g/mol. The summed E-state index contributed by atoms with van der Waals surface area (Å²) in [5.74, 6) is 0.744. The molecule has 3 heteroatoms. The number of rotatable bonds is 2. The van der Waals surface area contributed by atoms with Crippen LogP contribution in [-0.4, -0.2) is 10.8 Å². The van der Waals surface area contributed by atoms with E-state index in [2.05, 4.69) is 4.98 Å². The fourth-order valence-corrected chi connectivity index (χ4v) is 2.53. The van der Waals surface area contributed by atoms with E-state index < -0.39 is 0 Å². The summed E-state index contributed by atoms with van der Waals surface area (Å²) in [4.78, 5) is 16.8. The smallest absolute Gasteiger partial charge is 0.136 e. The zero-order chi connectivity index (χ0) is 9.10. The van der Waals surface area contributed by atoms with Crippen LogP contribution in [0.15, 0.2) is 11.7 Å². The normalized spacial score (nSPS) is 23.4. The molecule has 0 aromatic carbocycles. The molecule has 70 valence electrons. The Morgan fingerprint density at radius 2 is 2.46 bits per heavy atom. The number of thiazole rings is 1. The van der Waals surface area contributed by atoms with Crippen molar-refractivity contribution >= 4 is 17.1 Å². The van der Waals surface area contributed by atoms with Crippen LogP contribution in [0.4, 0.5) is 0 Å². The minimum Gasteiger partial charge on any atom is -0.299 e. The van der Waals surface area contributed by atoms with Crippen molar-refractivity contribution in [3.8, 4) is 0 Å². The Kier molecular flexibility index (Phi) is 2.74. The number of Topliss-reactive ketones (excluding diaryl/α,β-unsaturated/α-hetero) is 1. The molecule has 1 aliphatic rings. The predicted molar refractivity (Wildman–Crippen MR) is 52.8 cm³/mol. The van der Waals surface area contributed by atoms with Gasteiger partial charge < -0.3 is 0 Å². The van der Waals surface area contributed by atoms with Crippen molar-refractivity contribution in [2.75, 3.05) is 0 Å². The summed E-state index contributed by atoms with van der Waals surface area (Å²) in [7, 11) is 0. The maximum atomic E-state index is 11.5. The summed E-state index contributed by atoms with van der Waals surface area (Å²) < 4.78 is 0. The summed E-state index contributed by atoms with van der Waals surface area (Å²) in [6.45, 7) is 0. The number of ketones is 1. The molecular formula is C10H13NOS. The number of nitrogens with zero attached hydrogens (tertiary/aromatic N) is 1. The molecule has 1 fully saturated rings. The van der Waals surface area contributed by atoms with Gasteiger partial charge in [0.05, 0.1) is 5.51 Å². The zero-order valence-corrected chi connectivity index (χ0v) is 8.35. The second-order valence-corrected chi connectivity index (χ2v) is 4.55. The molecular weight excluding hydrogens is 182 g/mol. The molecule has 1 aromatic rings. The van der Waals surface area contributed by atoms with Crippen molar-refractivity contribution in [2.24, 2.45) is 5.92 Å². The summed E-state index contributed by atoms with van der Waals surface area (Å²) in [6.07, 6.45) is 6.99. The first kappa shape index (κ1) is 8.88. The molecule has 0 radical (unpaired) electrons. The van der Waals surface area contributed by atoms with Crippen LogP contribution in [0.2, 0.25) is 0 Å². The van der Waals surface area contributed by atoms with E-state index in [-0.39, 0.29) is 5.92 Å². The lowest BCUT2D eigenvalue weighted by atomic mass is 9.85. The number of hydrogen-bond donors (Lipinski definition) is 0. The molecule has 0 bridgehead atoms. The molecule has 13 heavy (non-hydrogen) atoms. The first-order chi connectivity index (χ1) is 6.36. The van der Waals surface area contributed by atoms with Crippen LogP contribution in [0.3, 0.4) is 0 Å². The van der Waals surface area contributed by atoms with Gasteiger partial charge in [0.1, 0.15) is 5.78 Å². The molecule has 1 atom stereocenters. The topological polar surface area (TPSA) is 30.0 Å². The van der Waals surface area contributed by atoms with Crippen LogP contribution in [0.5, 0.6) is 0 Å². The maximum Gasteiger partial charge on any atom is 0.136 e. The SMILES string of the molecule is O=C1CCCCC1Cc1cncs1. The van der Waals surface area contributed by atoms with Crippen LogP contribution in [0.1, 0.15) is 30.6 Å². The van der Waals surface area contributed by atoms with Crippen LogP contribution >= 0.6 is 11.3 Å². The maximum absolute atomic E-state index is 11.5. The Hall–Kier alpha value is -0.700. The molecule has 2 nitrogen and oxygen atoms in total.